The maximum Gasteiger partial charge on any atom is 0.414 e. The van der Waals surface area contributed by atoms with Crippen molar-refractivity contribution in [2.24, 2.45) is 0 Å². The number of ether oxygens (including phenoxy) is 1. The van der Waals surface area contributed by atoms with Crippen LogP contribution in [0, 0.1) is 17.0 Å². The zero-order valence-corrected chi connectivity index (χ0v) is 14.3. The zero-order chi connectivity index (χ0) is 19.3. The van der Waals surface area contributed by atoms with Gasteiger partial charge in [0.2, 0.25) is 0 Å². The molecule has 2 aromatic rings. The quantitative estimate of drug-likeness (QED) is 0.626. The van der Waals surface area contributed by atoms with Crippen LogP contribution in [-0.2, 0) is 22.6 Å². The lowest BCUT2D eigenvalue weighted by atomic mass is 10.1. The van der Waals surface area contributed by atoms with Crippen LogP contribution in [0.15, 0.2) is 42.5 Å². The van der Waals surface area contributed by atoms with Gasteiger partial charge in [-0.25, -0.2) is 4.79 Å². The van der Waals surface area contributed by atoms with Gasteiger partial charge in [0.15, 0.2) is 0 Å². The molecule has 2 rings (SSSR count). The molecule has 0 saturated carbocycles. The predicted molar refractivity (Wildman–Crippen MR) is 94.2 cm³/mol. The third-order valence-electron chi connectivity index (χ3n) is 3.84. The maximum absolute atomic E-state index is 12.2. The highest BCUT2D eigenvalue weighted by Gasteiger charge is 2.14. The average Bonchev–Trinajstić information content (AvgIpc) is 2.59. The molecule has 0 aliphatic heterocycles. The molecule has 8 nitrogen and oxygen atoms in total. The van der Waals surface area contributed by atoms with Crippen LogP contribution in [0.5, 0.6) is 0 Å². The number of rotatable bonds is 6. The molecule has 136 valence electrons. The van der Waals surface area contributed by atoms with Crippen LogP contribution in [-0.4, -0.2) is 29.1 Å². The van der Waals surface area contributed by atoms with Gasteiger partial charge in [-0.2, -0.15) is 0 Å². The van der Waals surface area contributed by atoms with E-state index in [0.717, 1.165) is 0 Å². The summed E-state index contributed by atoms with van der Waals surface area (Å²) >= 11 is 0. The summed E-state index contributed by atoms with van der Waals surface area (Å²) in [6.45, 7) is 1.70. The van der Waals surface area contributed by atoms with Gasteiger partial charge in [0.05, 0.1) is 11.3 Å². The number of carboxylic acid groups (broad SMARTS) is 1. The monoisotopic (exact) mass is 358 g/mol. The Labute approximate surface area is 149 Å². The Balaban J connectivity index is 1.99. The van der Waals surface area contributed by atoms with Gasteiger partial charge >= 0.3 is 12.1 Å². The van der Waals surface area contributed by atoms with Crippen LogP contribution in [0.25, 0.3) is 0 Å². The summed E-state index contributed by atoms with van der Waals surface area (Å²) in [6.07, 6.45) is -0.679. The van der Waals surface area contributed by atoms with Crippen LogP contribution in [0.4, 0.5) is 16.2 Å². The van der Waals surface area contributed by atoms with Gasteiger partial charge in [-0.1, -0.05) is 12.1 Å². The van der Waals surface area contributed by atoms with Gasteiger partial charge < -0.3 is 9.84 Å². The molecule has 0 unspecified atom stereocenters. The summed E-state index contributed by atoms with van der Waals surface area (Å²) in [5.41, 5.74) is 2.51. The van der Waals surface area contributed by atoms with E-state index in [1.165, 1.54) is 24.1 Å². The molecule has 1 N–H and O–H groups in total. The minimum absolute atomic E-state index is 0.00982. The molecular weight excluding hydrogens is 340 g/mol. The molecule has 2 aromatic carbocycles. The summed E-state index contributed by atoms with van der Waals surface area (Å²) in [5, 5.41) is 19.5. The number of anilines is 1. The van der Waals surface area contributed by atoms with E-state index in [1.807, 2.05) is 0 Å². The van der Waals surface area contributed by atoms with Gasteiger partial charge in [-0.3, -0.25) is 19.8 Å². The fraction of sp³-hybridized carbons (Fsp3) is 0.222. The van der Waals surface area contributed by atoms with E-state index in [-0.39, 0.29) is 18.7 Å². The highest BCUT2D eigenvalue weighted by Crippen LogP contribution is 2.19. The molecule has 0 spiro atoms. The Morgan fingerprint density at radius 3 is 2.38 bits per heavy atom. The lowest BCUT2D eigenvalue weighted by Crippen LogP contribution is -2.27. The Bertz CT molecular complexity index is 832. The molecule has 26 heavy (non-hydrogen) atoms. The standard InChI is InChI=1S/C18H18N2O6/c1-12-9-16(20(24)25)8-5-14(12)11-26-18(23)19(2)15-6-3-13(4-7-15)10-17(21)22/h3-9H,10-11H2,1-2H3,(H,21,22). The summed E-state index contributed by atoms with van der Waals surface area (Å²) in [6, 6.07) is 10.9. The normalized spacial score (nSPS) is 10.2. The van der Waals surface area contributed by atoms with Crippen molar-refractivity contribution in [1.29, 1.82) is 0 Å². The summed E-state index contributed by atoms with van der Waals surface area (Å²) in [4.78, 5) is 34.4. The smallest absolute Gasteiger partial charge is 0.414 e. The number of amides is 1. The first kappa shape index (κ1) is 18.9. The second-order valence-corrected chi connectivity index (χ2v) is 5.72. The third kappa shape index (κ3) is 4.79. The molecule has 0 atom stereocenters. The van der Waals surface area contributed by atoms with E-state index in [1.54, 1.807) is 37.3 Å². The fourth-order valence-electron chi connectivity index (χ4n) is 2.31. The minimum atomic E-state index is -0.927. The molecule has 0 radical (unpaired) electrons. The molecule has 0 aliphatic carbocycles. The molecule has 0 heterocycles. The van der Waals surface area contributed by atoms with E-state index in [2.05, 4.69) is 0 Å². The van der Waals surface area contributed by atoms with Crippen LogP contribution in [0.1, 0.15) is 16.7 Å². The highest BCUT2D eigenvalue weighted by atomic mass is 16.6. The molecular formula is C18H18N2O6. The maximum atomic E-state index is 12.2. The fourth-order valence-corrected chi connectivity index (χ4v) is 2.31. The molecule has 0 saturated heterocycles. The second-order valence-electron chi connectivity index (χ2n) is 5.72. The van der Waals surface area contributed by atoms with E-state index >= 15 is 0 Å². The molecule has 0 bridgehead atoms. The minimum Gasteiger partial charge on any atom is -0.481 e. The first-order valence-electron chi connectivity index (χ1n) is 7.73. The van der Waals surface area contributed by atoms with E-state index in [0.29, 0.717) is 22.4 Å². The summed E-state index contributed by atoms with van der Waals surface area (Å²) in [7, 11) is 1.54. The lowest BCUT2D eigenvalue weighted by Gasteiger charge is -2.18. The lowest BCUT2D eigenvalue weighted by molar-refractivity contribution is -0.384. The number of aliphatic carboxylic acids is 1. The van der Waals surface area contributed by atoms with Crippen molar-refractivity contribution in [1.82, 2.24) is 0 Å². The molecule has 0 aromatic heterocycles. The highest BCUT2D eigenvalue weighted by molar-refractivity contribution is 5.87. The SMILES string of the molecule is Cc1cc([N+](=O)[O-])ccc1COC(=O)N(C)c1ccc(CC(=O)O)cc1. The number of carboxylic acids is 1. The summed E-state index contributed by atoms with van der Waals surface area (Å²) in [5.74, 6) is -0.927. The van der Waals surface area contributed by atoms with E-state index < -0.39 is 17.0 Å². The van der Waals surface area contributed by atoms with Gasteiger partial charge in [-0.15, -0.1) is 0 Å². The van der Waals surface area contributed by atoms with Gasteiger partial charge in [0, 0.05) is 24.9 Å². The number of hydrogen-bond acceptors (Lipinski definition) is 5. The Morgan fingerprint density at radius 2 is 1.85 bits per heavy atom. The second kappa shape index (κ2) is 8.11. The molecule has 0 fully saturated rings. The van der Waals surface area contributed by atoms with Gasteiger partial charge in [0.1, 0.15) is 6.61 Å². The van der Waals surface area contributed by atoms with Crippen molar-refractivity contribution in [3.63, 3.8) is 0 Å². The van der Waals surface area contributed by atoms with Crippen LogP contribution >= 0.6 is 0 Å². The van der Waals surface area contributed by atoms with E-state index in [9.17, 15) is 19.7 Å². The number of nitro groups is 1. The third-order valence-corrected chi connectivity index (χ3v) is 3.84. The molecule has 0 aliphatic rings. The number of benzene rings is 2. The molecule has 8 heteroatoms. The van der Waals surface area contributed by atoms with Crippen molar-refractivity contribution in [3.8, 4) is 0 Å². The first-order valence-corrected chi connectivity index (χ1v) is 7.73. The number of non-ortho nitro benzene ring substituents is 1. The predicted octanol–water partition coefficient (Wildman–Crippen LogP) is 3.30. The molecule has 1 amide bonds. The average molecular weight is 358 g/mol. The first-order chi connectivity index (χ1) is 12.3. The van der Waals surface area contributed by atoms with Gasteiger partial charge in [0.25, 0.3) is 5.69 Å². The summed E-state index contributed by atoms with van der Waals surface area (Å²) < 4.78 is 5.24. The zero-order valence-electron chi connectivity index (χ0n) is 14.3. The van der Waals surface area contributed by atoms with Crippen LogP contribution in [0.3, 0.4) is 0 Å². The van der Waals surface area contributed by atoms with Crippen molar-refractivity contribution in [2.45, 2.75) is 20.0 Å². The van der Waals surface area contributed by atoms with Crippen molar-refractivity contribution < 1.29 is 24.4 Å². The Kier molecular flexibility index (Phi) is 5.90. The van der Waals surface area contributed by atoms with Crippen LogP contribution < -0.4 is 4.90 Å². The largest absolute Gasteiger partial charge is 0.481 e. The topological polar surface area (TPSA) is 110 Å². The van der Waals surface area contributed by atoms with Crippen molar-refractivity contribution in [2.75, 3.05) is 11.9 Å². The number of hydrogen-bond donors (Lipinski definition) is 1. The number of aryl methyl sites for hydroxylation is 1. The Morgan fingerprint density at radius 1 is 1.19 bits per heavy atom. The number of carbonyl (C=O) groups is 2. The number of nitrogens with zero attached hydrogens (tertiary/aromatic N) is 2. The van der Waals surface area contributed by atoms with Crippen molar-refractivity contribution in [3.05, 3.63) is 69.3 Å². The van der Waals surface area contributed by atoms with Crippen molar-refractivity contribution >= 4 is 23.4 Å². The number of nitro benzene ring substituents is 1. The van der Waals surface area contributed by atoms with Gasteiger partial charge in [-0.05, 0) is 41.8 Å². The van der Waals surface area contributed by atoms with Crippen LogP contribution in [0.2, 0.25) is 0 Å². The van der Waals surface area contributed by atoms with E-state index in [4.69, 9.17) is 9.84 Å². The Hall–Kier alpha value is -3.42. The number of carbonyl (C=O) groups excluding carboxylic acids is 1.